The molecule has 1 saturated heterocycles. The van der Waals surface area contributed by atoms with Crippen molar-refractivity contribution in [1.82, 2.24) is 9.97 Å². The van der Waals surface area contributed by atoms with Gasteiger partial charge in [0.05, 0.1) is 6.61 Å². The van der Waals surface area contributed by atoms with Gasteiger partial charge in [0.25, 0.3) is 0 Å². The van der Waals surface area contributed by atoms with E-state index in [-0.39, 0.29) is 6.61 Å². The molecular formula is C14H23N3O. The Labute approximate surface area is 109 Å². The number of hydrogen-bond donors (Lipinski definition) is 1. The highest BCUT2D eigenvalue weighted by molar-refractivity contribution is 5.34. The molecule has 0 bridgehead atoms. The van der Waals surface area contributed by atoms with Crippen molar-refractivity contribution in [3.8, 4) is 0 Å². The first-order chi connectivity index (χ1) is 8.76. The lowest BCUT2D eigenvalue weighted by atomic mass is 9.99. The van der Waals surface area contributed by atoms with Gasteiger partial charge in [0.15, 0.2) is 0 Å². The van der Waals surface area contributed by atoms with Crippen LogP contribution in [-0.2, 0) is 6.61 Å². The summed E-state index contributed by atoms with van der Waals surface area (Å²) in [4.78, 5) is 11.3. The van der Waals surface area contributed by atoms with Gasteiger partial charge in [-0.2, -0.15) is 0 Å². The van der Waals surface area contributed by atoms with Gasteiger partial charge >= 0.3 is 0 Å². The Hall–Kier alpha value is -1.16. The predicted octanol–water partition coefficient (Wildman–Crippen LogP) is 2.44. The SMILES string of the molecule is CCCC1CCCCN1c1ncc(CO)c(C)n1. The second kappa shape index (κ2) is 6.14. The molecule has 0 aliphatic carbocycles. The molecule has 18 heavy (non-hydrogen) atoms. The third-order valence-electron chi connectivity index (χ3n) is 3.74. The number of aliphatic hydroxyl groups is 1. The van der Waals surface area contributed by atoms with Crippen LogP contribution in [0.5, 0.6) is 0 Å². The molecule has 1 aromatic rings. The van der Waals surface area contributed by atoms with Gasteiger partial charge in [-0.25, -0.2) is 9.97 Å². The normalized spacial score (nSPS) is 20.2. The maximum atomic E-state index is 9.16. The summed E-state index contributed by atoms with van der Waals surface area (Å²) in [6, 6.07) is 0.586. The number of anilines is 1. The van der Waals surface area contributed by atoms with Crippen LogP contribution in [0.15, 0.2) is 6.20 Å². The number of aryl methyl sites for hydroxylation is 1. The molecule has 1 atom stereocenters. The molecule has 0 amide bonds. The first-order valence-electron chi connectivity index (χ1n) is 6.96. The molecule has 4 nitrogen and oxygen atoms in total. The van der Waals surface area contributed by atoms with E-state index in [1.165, 1.54) is 32.1 Å². The van der Waals surface area contributed by atoms with Crippen molar-refractivity contribution in [3.05, 3.63) is 17.5 Å². The maximum absolute atomic E-state index is 9.16. The number of piperidine rings is 1. The fourth-order valence-corrected chi connectivity index (χ4v) is 2.67. The summed E-state index contributed by atoms with van der Waals surface area (Å²) in [6.07, 6.45) is 7.96. The van der Waals surface area contributed by atoms with Gasteiger partial charge in [-0.05, 0) is 32.6 Å². The summed E-state index contributed by atoms with van der Waals surface area (Å²) in [6.45, 7) is 5.25. The summed E-state index contributed by atoms with van der Waals surface area (Å²) in [5.41, 5.74) is 1.71. The van der Waals surface area contributed by atoms with Crippen LogP contribution in [0.1, 0.15) is 50.3 Å². The van der Waals surface area contributed by atoms with Crippen LogP contribution in [0.2, 0.25) is 0 Å². The molecule has 1 unspecified atom stereocenters. The van der Waals surface area contributed by atoms with Crippen LogP contribution in [0.25, 0.3) is 0 Å². The number of hydrogen-bond acceptors (Lipinski definition) is 4. The topological polar surface area (TPSA) is 49.2 Å². The average molecular weight is 249 g/mol. The molecule has 1 fully saturated rings. The van der Waals surface area contributed by atoms with Crippen LogP contribution < -0.4 is 4.90 Å². The van der Waals surface area contributed by atoms with Gasteiger partial charge in [-0.3, -0.25) is 0 Å². The van der Waals surface area contributed by atoms with Crippen molar-refractivity contribution in [1.29, 1.82) is 0 Å². The second-order valence-corrected chi connectivity index (χ2v) is 5.07. The molecule has 2 rings (SSSR count). The van der Waals surface area contributed by atoms with Gasteiger partial charge in [-0.15, -0.1) is 0 Å². The molecule has 1 aliphatic heterocycles. The van der Waals surface area contributed by atoms with Crippen LogP contribution in [-0.4, -0.2) is 27.7 Å². The average Bonchev–Trinajstić information content (AvgIpc) is 2.40. The van der Waals surface area contributed by atoms with Gasteiger partial charge in [-0.1, -0.05) is 13.3 Å². The summed E-state index contributed by atoms with van der Waals surface area (Å²) >= 11 is 0. The summed E-state index contributed by atoms with van der Waals surface area (Å²) in [5.74, 6) is 0.836. The first kappa shape index (κ1) is 13.3. The highest BCUT2D eigenvalue weighted by Gasteiger charge is 2.23. The number of aromatic nitrogens is 2. The van der Waals surface area contributed by atoms with E-state index in [0.717, 1.165) is 23.8 Å². The van der Waals surface area contributed by atoms with Gasteiger partial charge in [0, 0.05) is 30.0 Å². The zero-order valence-electron chi connectivity index (χ0n) is 11.4. The van der Waals surface area contributed by atoms with E-state index in [1.807, 2.05) is 6.92 Å². The Kier molecular flexibility index (Phi) is 4.53. The zero-order chi connectivity index (χ0) is 13.0. The Morgan fingerprint density at radius 3 is 2.94 bits per heavy atom. The minimum Gasteiger partial charge on any atom is -0.392 e. The number of nitrogens with zero attached hydrogens (tertiary/aromatic N) is 3. The monoisotopic (exact) mass is 249 g/mol. The van der Waals surface area contributed by atoms with Crippen LogP contribution in [0.3, 0.4) is 0 Å². The van der Waals surface area contributed by atoms with Crippen molar-refractivity contribution < 1.29 is 5.11 Å². The van der Waals surface area contributed by atoms with Crippen molar-refractivity contribution >= 4 is 5.95 Å². The minimum absolute atomic E-state index is 0.0184. The van der Waals surface area contributed by atoms with E-state index in [9.17, 15) is 0 Å². The molecule has 0 radical (unpaired) electrons. The van der Waals surface area contributed by atoms with E-state index >= 15 is 0 Å². The smallest absolute Gasteiger partial charge is 0.225 e. The Morgan fingerprint density at radius 1 is 1.44 bits per heavy atom. The van der Waals surface area contributed by atoms with Gasteiger partial charge in [0.2, 0.25) is 5.95 Å². The first-order valence-corrected chi connectivity index (χ1v) is 6.96. The van der Waals surface area contributed by atoms with Gasteiger partial charge in [0.1, 0.15) is 0 Å². The van der Waals surface area contributed by atoms with E-state index in [1.54, 1.807) is 6.20 Å². The highest BCUT2D eigenvalue weighted by atomic mass is 16.3. The van der Waals surface area contributed by atoms with Crippen molar-refractivity contribution in [2.24, 2.45) is 0 Å². The molecule has 0 aromatic carbocycles. The van der Waals surface area contributed by atoms with E-state index in [0.29, 0.717) is 6.04 Å². The molecule has 1 aromatic heterocycles. The molecule has 1 N–H and O–H groups in total. The molecule has 100 valence electrons. The maximum Gasteiger partial charge on any atom is 0.225 e. The lowest BCUT2D eigenvalue weighted by Gasteiger charge is -2.36. The van der Waals surface area contributed by atoms with E-state index < -0.39 is 0 Å². The van der Waals surface area contributed by atoms with Crippen LogP contribution >= 0.6 is 0 Å². The number of rotatable bonds is 4. The minimum atomic E-state index is 0.0184. The Bertz CT molecular complexity index is 393. The molecule has 0 saturated carbocycles. The Morgan fingerprint density at radius 2 is 2.28 bits per heavy atom. The molecule has 2 heterocycles. The second-order valence-electron chi connectivity index (χ2n) is 5.07. The molecular weight excluding hydrogens is 226 g/mol. The molecule has 1 aliphatic rings. The Balaban J connectivity index is 2.19. The third-order valence-corrected chi connectivity index (χ3v) is 3.74. The van der Waals surface area contributed by atoms with E-state index in [4.69, 9.17) is 5.11 Å². The lowest BCUT2D eigenvalue weighted by molar-refractivity contribution is 0.280. The third kappa shape index (κ3) is 2.80. The fourth-order valence-electron chi connectivity index (χ4n) is 2.67. The van der Waals surface area contributed by atoms with Crippen molar-refractivity contribution in [2.75, 3.05) is 11.4 Å². The zero-order valence-corrected chi connectivity index (χ0v) is 11.4. The van der Waals surface area contributed by atoms with Gasteiger partial charge < -0.3 is 10.0 Å². The van der Waals surface area contributed by atoms with Crippen LogP contribution in [0.4, 0.5) is 5.95 Å². The fraction of sp³-hybridized carbons (Fsp3) is 0.714. The summed E-state index contributed by atoms with van der Waals surface area (Å²) < 4.78 is 0. The largest absolute Gasteiger partial charge is 0.392 e. The number of aliphatic hydroxyl groups excluding tert-OH is 1. The van der Waals surface area contributed by atoms with Crippen LogP contribution in [0, 0.1) is 6.92 Å². The predicted molar refractivity (Wildman–Crippen MR) is 72.6 cm³/mol. The highest BCUT2D eigenvalue weighted by Crippen LogP contribution is 2.25. The van der Waals surface area contributed by atoms with Crippen molar-refractivity contribution in [2.45, 2.75) is 58.6 Å². The van der Waals surface area contributed by atoms with Crippen molar-refractivity contribution in [3.63, 3.8) is 0 Å². The quantitative estimate of drug-likeness (QED) is 0.890. The summed E-state index contributed by atoms with van der Waals surface area (Å²) in [5, 5.41) is 9.16. The molecule has 0 spiro atoms. The van der Waals surface area contributed by atoms with E-state index in [2.05, 4.69) is 21.8 Å². The lowest BCUT2D eigenvalue weighted by Crippen LogP contribution is -2.40. The molecule has 4 heteroatoms. The standard InChI is InChI=1S/C14H23N3O/c1-3-6-13-7-4-5-8-17(13)14-15-9-12(10-18)11(2)16-14/h9,13,18H,3-8,10H2,1-2H3. The summed E-state index contributed by atoms with van der Waals surface area (Å²) in [7, 11) is 0.